The minimum absolute atomic E-state index is 0. The van der Waals surface area contributed by atoms with E-state index in [0.717, 1.165) is 45.8 Å². The summed E-state index contributed by atoms with van der Waals surface area (Å²) in [6, 6.07) is 13.6. The summed E-state index contributed by atoms with van der Waals surface area (Å²) in [6.45, 7) is 0.742. The summed E-state index contributed by atoms with van der Waals surface area (Å²) in [4.78, 5) is 17.3. The van der Waals surface area contributed by atoms with Crippen molar-refractivity contribution >= 4 is 42.6 Å². The van der Waals surface area contributed by atoms with Gasteiger partial charge in [0.05, 0.1) is 5.92 Å². The number of carbonyl (C=O) groups excluding carboxylic acids is 1. The van der Waals surface area contributed by atoms with Crippen LogP contribution in [0.2, 0.25) is 0 Å². The molecule has 7 heteroatoms. The molecule has 0 spiro atoms. The number of aromatic nitrogens is 1. The fourth-order valence-electron chi connectivity index (χ4n) is 4.00. The first-order valence-corrected chi connectivity index (χ1v) is 9.64. The first-order valence-electron chi connectivity index (χ1n) is 9.64. The van der Waals surface area contributed by atoms with Gasteiger partial charge in [-0.2, -0.15) is 13.5 Å². The Morgan fingerprint density at radius 3 is 2.93 bits per heavy atom. The molecule has 29 heavy (non-hydrogen) atoms. The average Bonchev–Trinajstić information content (AvgIpc) is 2.91. The molecule has 0 saturated carbocycles. The molecule has 3 N–H and O–H groups in total. The molecule has 0 radical (unpaired) electrons. The minimum Gasteiger partial charge on any atom is -0.423 e. The second kappa shape index (κ2) is 9.54. The highest BCUT2D eigenvalue weighted by molar-refractivity contribution is 7.59. The number of pyridine rings is 1. The van der Waals surface area contributed by atoms with Crippen molar-refractivity contribution in [1.29, 1.82) is 0 Å². The molecule has 0 saturated heterocycles. The summed E-state index contributed by atoms with van der Waals surface area (Å²) in [6.07, 6.45) is 5.48. The number of nitrogens with two attached hydrogens (primary N) is 1. The molecule has 1 aliphatic heterocycles. The monoisotopic (exact) mass is 408 g/mol. The fourth-order valence-corrected chi connectivity index (χ4v) is 4.00. The normalized spacial score (nSPS) is 14.6. The third-order valence-electron chi connectivity index (χ3n) is 5.44. The van der Waals surface area contributed by atoms with Crippen molar-refractivity contribution in [3.05, 3.63) is 71.5 Å². The van der Waals surface area contributed by atoms with Gasteiger partial charge in [-0.15, -0.1) is 0 Å². The van der Waals surface area contributed by atoms with Crippen LogP contribution in [0.4, 0.5) is 0 Å². The number of nitrogens with zero attached hydrogens (tertiary/aromatic N) is 1. The van der Waals surface area contributed by atoms with Crippen LogP contribution < -0.4 is 11.2 Å². The molecule has 0 unspecified atom stereocenters. The number of Topliss-reactive ketones (excluding diaryl/α,β-unsaturated/α-hetero) is 1. The summed E-state index contributed by atoms with van der Waals surface area (Å²) >= 11 is 0. The van der Waals surface area contributed by atoms with E-state index in [0.29, 0.717) is 13.0 Å². The van der Waals surface area contributed by atoms with E-state index in [1.807, 2.05) is 48.7 Å². The maximum Gasteiger partial charge on any atom is 0.491 e. The van der Waals surface area contributed by atoms with Crippen LogP contribution in [-0.2, 0) is 22.3 Å². The molecular formula is C22H25BN2O3S. The molecular weight excluding hydrogens is 383 g/mol. The lowest BCUT2D eigenvalue weighted by Crippen LogP contribution is -2.36. The molecule has 150 valence electrons. The van der Waals surface area contributed by atoms with E-state index in [1.165, 1.54) is 0 Å². The van der Waals surface area contributed by atoms with Gasteiger partial charge in [-0.1, -0.05) is 36.4 Å². The van der Waals surface area contributed by atoms with E-state index in [4.69, 9.17) is 10.4 Å². The number of rotatable bonds is 5. The van der Waals surface area contributed by atoms with Gasteiger partial charge in [-0.3, -0.25) is 9.78 Å². The minimum atomic E-state index is -0.944. The zero-order valence-electron chi connectivity index (χ0n) is 16.2. The Hall–Kier alpha value is -2.19. The molecule has 0 aliphatic carbocycles. The van der Waals surface area contributed by atoms with Crippen LogP contribution in [0.5, 0.6) is 0 Å². The van der Waals surface area contributed by atoms with Crippen molar-refractivity contribution in [2.24, 2.45) is 5.73 Å². The Labute approximate surface area is 177 Å². The van der Waals surface area contributed by atoms with Crippen LogP contribution in [0, 0.1) is 0 Å². The lowest BCUT2D eigenvalue weighted by Gasteiger charge is -2.20. The number of hydrogen-bond acceptors (Lipinski definition) is 5. The molecule has 1 aliphatic rings. The zero-order chi connectivity index (χ0) is 19.5. The van der Waals surface area contributed by atoms with E-state index in [2.05, 4.69) is 4.98 Å². The lowest BCUT2D eigenvalue weighted by molar-refractivity contribution is -0.119. The van der Waals surface area contributed by atoms with Gasteiger partial charge in [0.2, 0.25) is 0 Å². The third-order valence-corrected chi connectivity index (χ3v) is 5.44. The largest absolute Gasteiger partial charge is 0.491 e. The van der Waals surface area contributed by atoms with Crippen molar-refractivity contribution in [3.8, 4) is 0 Å². The van der Waals surface area contributed by atoms with Crippen LogP contribution >= 0.6 is 13.5 Å². The quantitative estimate of drug-likeness (QED) is 0.630. The summed E-state index contributed by atoms with van der Waals surface area (Å²) in [7, 11) is -0.944. The Kier molecular flexibility index (Phi) is 7.08. The van der Waals surface area contributed by atoms with Crippen molar-refractivity contribution < 1.29 is 14.5 Å². The topological polar surface area (TPSA) is 85.4 Å². The highest BCUT2D eigenvalue weighted by Crippen LogP contribution is 2.25. The standard InChI is InChI=1S/C22H23BN2O3.H2S/c24-13-20(18-3-1-5-21-19(18)4-2-10-28-23(21)27)22(26)12-15-6-7-17-14-25-9-8-16(17)11-15;/h1,3,5-9,11,14,20,27H,2,4,10,12-13,24H2;1H2/t20-;/m1./s1. The molecule has 5 nitrogen and oxygen atoms in total. The Bertz CT molecular complexity index is 1010. The van der Waals surface area contributed by atoms with Crippen molar-refractivity contribution in [3.63, 3.8) is 0 Å². The van der Waals surface area contributed by atoms with Crippen molar-refractivity contribution in [2.45, 2.75) is 25.2 Å². The third kappa shape index (κ3) is 4.54. The van der Waals surface area contributed by atoms with E-state index in [9.17, 15) is 9.82 Å². The van der Waals surface area contributed by atoms with Crippen LogP contribution in [0.3, 0.4) is 0 Å². The van der Waals surface area contributed by atoms with E-state index in [1.54, 1.807) is 6.20 Å². The first-order chi connectivity index (χ1) is 13.7. The van der Waals surface area contributed by atoms with Crippen LogP contribution in [0.1, 0.15) is 29.0 Å². The van der Waals surface area contributed by atoms with Gasteiger partial charge in [0.25, 0.3) is 0 Å². The van der Waals surface area contributed by atoms with Gasteiger partial charge in [0.15, 0.2) is 0 Å². The molecule has 2 aromatic carbocycles. The zero-order valence-corrected chi connectivity index (χ0v) is 17.2. The molecule has 2 heterocycles. The highest BCUT2D eigenvalue weighted by Gasteiger charge is 2.29. The summed E-state index contributed by atoms with van der Waals surface area (Å²) in [5.41, 5.74) is 9.67. The predicted octanol–water partition coefficient (Wildman–Crippen LogP) is 1.85. The smallest absolute Gasteiger partial charge is 0.423 e. The maximum absolute atomic E-state index is 13.1. The van der Waals surface area contributed by atoms with Crippen molar-refractivity contribution in [1.82, 2.24) is 4.98 Å². The summed E-state index contributed by atoms with van der Waals surface area (Å²) in [5.74, 6) is -0.308. The SMILES string of the molecule is NC[C@@H](C(=O)Cc1ccc2cnccc2c1)c1cccc2c1CCCOB2O.S. The van der Waals surface area contributed by atoms with E-state index < -0.39 is 13.0 Å². The van der Waals surface area contributed by atoms with Gasteiger partial charge < -0.3 is 15.4 Å². The van der Waals surface area contributed by atoms with Crippen LogP contribution in [0.25, 0.3) is 10.8 Å². The molecule has 1 aromatic heterocycles. The van der Waals surface area contributed by atoms with Gasteiger partial charge >= 0.3 is 7.12 Å². The molecule has 0 fully saturated rings. The fraction of sp³-hybridized carbons (Fsp3) is 0.273. The molecule has 4 rings (SSSR count). The first kappa shape index (κ1) is 21.5. The maximum atomic E-state index is 13.1. The number of ketones is 1. The van der Waals surface area contributed by atoms with E-state index in [-0.39, 0.29) is 25.8 Å². The second-order valence-corrected chi connectivity index (χ2v) is 7.23. The van der Waals surface area contributed by atoms with Crippen LogP contribution in [0.15, 0.2) is 54.9 Å². The number of benzene rings is 2. The number of fused-ring (bicyclic) bond motifs is 2. The van der Waals surface area contributed by atoms with Gasteiger partial charge in [0.1, 0.15) is 5.78 Å². The number of carbonyl (C=O) groups is 1. The number of hydrogen-bond donors (Lipinski definition) is 2. The Morgan fingerprint density at radius 2 is 2.10 bits per heavy atom. The summed E-state index contributed by atoms with van der Waals surface area (Å²) < 4.78 is 5.43. The van der Waals surface area contributed by atoms with E-state index >= 15 is 0 Å². The summed E-state index contributed by atoms with van der Waals surface area (Å²) in [5, 5.41) is 12.4. The Morgan fingerprint density at radius 1 is 1.24 bits per heavy atom. The molecule has 3 aromatic rings. The average molecular weight is 408 g/mol. The predicted molar refractivity (Wildman–Crippen MR) is 121 cm³/mol. The van der Waals surface area contributed by atoms with Gasteiger partial charge in [-0.05, 0) is 46.4 Å². The lowest BCUT2D eigenvalue weighted by atomic mass is 9.73. The molecule has 0 amide bonds. The highest BCUT2D eigenvalue weighted by atomic mass is 32.1. The van der Waals surface area contributed by atoms with Crippen molar-refractivity contribution in [2.75, 3.05) is 13.2 Å². The van der Waals surface area contributed by atoms with Gasteiger partial charge in [0, 0.05) is 37.4 Å². The Balaban J connectivity index is 0.00000240. The second-order valence-electron chi connectivity index (χ2n) is 7.23. The van der Waals surface area contributed by atoms with Crippen LogP contribution in [-0.4, -0.2) is 36.1 Å². The molecule has 1 atom stereocenters. The molecule has 0 bridgehead atoms. The van der Waals surface area contributed by atoms with Gasteiger partial charge in [-0.25, -0.2) is 0 Å².